The van der Waals surface area contributed by atoms with E-state index >= 15 is 0 Å². The number of nitrogens with two attached hydrogens (primary N) is 1. The molecule has 0 heterocycles. The van der Waals surface area contributed by atoms with Crippen molar-refractivity contribution < 1.29 is 9.53 Å². The Hall–Kier alpha value is -0.740. The van der Waals surface area contributed by atoms with E-state index in [0.717, 1.165) is 38.5 Å². The van der Waals surface area contributed by atoms with Gasteiger partial charge in [-0.2, -0.15) is 0 Å². The lowest BCUT2D eigenvalue weighted by atomic mass is 10.0. The van der Waals surface area contributed by atoms with Crippen LogP contribution in [0.2, 0.25) is 0 Å². The van der Waals surface area contributed by atoms with Crippen molar-refractivity contribution >= 4 is 18.5 Å². The first-order valence-corrected chi connectivity index (χ1v) is 6.12. The van der Waals surface area contributed by atoms with Gasteiger partial charge in [0.15, 0.2) is 0 Å². The summed E-state index contributed by atoms with van der Waals surface area (Å²) in [4.78, 5) is 11.4. The number of hydrogen-bond acceptors (Lipinski definition) is 3. The van der Waals surface area contributed by atoms with Crippen LogP contribution in [0.25, 0.3) is 0 Å². The number of carbonyl (C=O) groups is 1. The number of ether oxygens (including phenoxy) is 1. The van der Waals surface area contributed by atoms with E-state index in [4.69, 9.17) is 10.5 Å². The molecule has 0 aromatic heterocycles. The summed E-state index contributed by atoms with van der Waals surface area (Å²) in [5.41, 5.74) is 5.34. The van der Waals surface area contributed by atoms with E-state index < -0.39 is 0 Å². The molecule has 0 fully saturated rings. The van der Waals surface area contributed by atoms with Crippen LogP contribution in [0.15, 0.2) is 12.2 Å². The highest BCUT2D eigenvalue weighted by Crippen LogP contribution is 2.15. The van der Waals surface area contributed by atoms with Crippen LogP contribution in [0, 0.1) is 0 Å². The third-order valence-electron chi connectivity index (χ3n) is 2.64. The first-order valence-electron chi connectivity index (χ1n) is 6.12. The molecule has 1 rings (SSSR count). The minimum Gasteiger partial charge on any atom is -0.446 e. The highest BCUT2D eigenvalue weighted by Gasteiger charge is 2.13. The maximum Gasteiger partial charge on any atom is 0.407 e. The lowest BCUT2D eigenvalue weighted by Crippen LogP contribution is -2.30. The van der Waals surface area contributed by atoms with Crippen molar-refractivity contribution in [3.8, 4) is 0 Å². The summed E-state index contributed by atoms with van der Waals surface area (Å²) in [6.07, 6.45) is 10.0. The highest BCUT2D eigenvalue weighted by atomic mass is 35.5. The SMILES string of the molecule is Cl.NCCCNC(=O)OC1CCC=CCCC1. The predicted octanol–water partition coefficient (Wildman–Crippen LogP) is 2.37. The average Bonchev–Trinajstić information content (AvgIpc) is 2.22. The molecule has 1 amide bonds. The average molecular weight is 263 g/mol. The van der Waals surface area contributed by atoms with E-state index in [-0.39, 0.29) is 24.6 Å². The third-order valence-corrected chi connectivity index (χ3v) is 2.64. The number of nitrogens with one attached hydrogen (secondary N) is 1. The summed E-state index contributed by atoms with van der Waals surface area (Å²) in [6.45, 7) is 1.19. The minimum absolute atomic E-state index is 0. The molecule has 1 aliphatic carbocycles. The number of allylic oxidation sites excluding steroid dienone is 2. The number of amides is 1. The normalized spacial score (nSPS) is 19.7. The van der Waals surface area contributed by atoms with Crippen LogP contribution in [0.3, 0.4) is 0 Å². The van der Waals surface area contributed by atoms with Crippen molar-refractivity contribution in [3.05, 3.63) is 12.2 Å². The summed E-state index contributed by atoms with van der Waals surface area (Å²) in [5, 5.41) is 2.71. The standard InChI is InChI=1S/C12H22N2O2.ClH/c13-9-6-10-14-12(15)16-11-7-4-2-1-3-5-8-11;/h1-2,11H,3-10,13H2,(H,14,15);1H. The van der Waals surface area contributed by atoms with Crippen molar-refractivity contribution in [3.63, 3.8) is 0 Å². The van der Waals surface area contributed by atoms with Crippen LogP contribution in [0.1, 0.15) is 38.5 Å². The van der Waals surface area contributed by atoms with E-state index in [1.165, 1.54) is 0 Å². The van der Waals surface area contributed by atoms with Crippen LogP contribution in [-0.2, 0) is 4.74 Å². The van der Waals surface area contributed by atoms with Crippen molar-refractivity contribution in [1.82, 2.24) is 5.32 Å². The largest absolute Gasteiger partial charge is 0.446 e. The number of rotatable bonds is 4. The second-order valence-electron chi connectivity index (χ2n) is 4.08. The van der Waals surface area contributed by atoms with Gasteiger partial charge in [0.25, 0.3) is 0 Å². The summed E-state index contributed by atoms with van der Waals surface area (Å²) in [6, 6.07) is 0. The van der Waals surface area contributed by atoms with Crippen molar-refractivity contribution in [1.29, 1.82) is 0 Å². The lowest BCUT2D eigenvalue weighted by Gasteiger charge is -2.18. The van der Waals surface area contributed by atoms with Gasteiger partial charge in [-0.25, -0.2) is 4.79 Å². The van der Waals surface area contributed by atoms with Gasteiger partial charge in [-0.15, -0.1) is 12.4 Å². The maximum absolute atomic E-state index is 11.4. The van der Waals surface area contributed by atoms with Crippen LogP contribution in [0.5, 0.6) is 0 Å². The van der Waals surface area contributed by atoms with Gasteiger partial charge >= 0.3 is 6.09 Å². The molecule has 0 radical (unpaired) electrons. The monoisotopic (exact) mass is 262 g/mol. The molecular weight excluding hydrogens is 240 g/mol. The molecule has 0 bridgehead atoms. The molecule has 4 nitrogen and oxygen atoms in total. The van der Waals surface area contributed by atoms with Crippen molar-refractivity contribution in [2.75, 3.05) is 13.1 Å². The van der Waals surface area contributed by atoms with Gasteiger partial charge in [0.2, 0.25) is 0 Å². The van der Waals surface area contributed by atoms with E-state index in [1.807, 2.05) is 0 Å². The Balaban J connectivity index is 0.00000256. The number of carbonyl (C=O) groups excluding carboxylic acids is 1. The smallest absolute Gasteiger partial charge is 0.407 e. The topological polar surface area (TPSA) is 64.3 Å². The summed E-state index contributed by atoms with van der Waals surface area (Å²) < 4.78 is 5.35. The zero-order chi connectivity index (χ0) is 11.6. The Bertz CT molecular complexity index is 235. The molecule has 1 unspecified atom stereocenters. The summed E-state index contributed by atoms with van der Waals surface area (Å²) in [7, 11) is 0. The molecule has 5 heteroatoms. The quantitative estimate of drug-likeness (QED) is 0.604. The molecular formula is C12H23ClN2O2. The summed E-state index contributed by atoms with van der Waals surface area (Å²) >= 11 is 0. The highest BCUT2D eigenvalue weighted by molar-refractivity contribution is 5.85. The second kappa shape index (κ2) is 10.4. The van der Waals surface area contributed by atoms with E-state index in [2.05, 4.69) is 17.5 Å². The second-order valence-corrected chi connectivity index (χ2v) is 4.08. The Labute approximate surface area is 109 Å². The molecule has 0 saturated carbocycles. The van der Waals surface area contributed by atoms with Gasteiger partial charge in [0.1, 0.15) is 6.10 Å². The zero-order valence-corrected chi connectivity index (χ0v) is 11.0. The molecule has 0 spiro atoms. The Morgan fingerprint density at radius 1 is 1.35 bits per heavy atom. The van der Waals surface area contributed by atoms with Gasteiger partial charge in [-0.1, -0.05) is 12.2 Å². The van der Waals surface area contributed by atoms with Crippen LogP contribution in [-0.4, -0.2) is 25.3 Å². The number of halogens is 1. The molecule has 0 aromatic rings. The molecule has 0 aliphatic heterocycles. The maximum atomic E-state index is 11.4. The number of alkyl carbamates (subject to hydrolysis) is 1. The molecule has 1 atom stereocenters. The first-order chi connectivity index (χ1) is 7.83. The zero-order valence-electron chi connectivity index (χ0n) is 10.2. The first kappa shape index (κ1) is 16.3. The lowest BCUT2D eigenvalue weighted by molar-refractivity contribution is 0.0864. The van der Waals surface area contributed by atoms with Crippen LogP contribution in [0.4, 0.5) is 4.79 Å². The minimum atomic E-state index is -0.303. The van der Waals surface area contributed by atoms with Gasteiger partial charge < -0.3 is 15.8 Å². The van der Waals surface area contributed by atoms with E-state index in [1.54, 1.807) is 0 Å². The van der Waals surface area contributed by atoms with E-state index in [0.29, 0.717) is 13.1 Å². The fourth-order valence-electron chi connectivity index (χ4n) is 1.73. The Morgan fingerprint density at radius 3 is 2.88 bits per heavy atom. The molecule has 100 valence electrons. The van der Waals surface area contributed by atoms with Gasteiger partial charge in [0, 0.05) is 6.54 Å². The molecule has 0 aromatic carbocycles. The third kappa shape index (κ3) is 8.05. The van der Waals surface area contributed by atoms with Crippen LogP contribution < -0.4 is 11.1 Å². The molecule has 0 saturated heterocycles. The molecule has 17 heavy (non-hydrogen) atoms. The molecule has 3 N–H and O–H groups in total. The van der Waals surface area contributed by atoms with Gasteiger partial charge in [0.05, 0.1) is 0 Å². The predicted molar refractivity (Wildman–Crippen MR) is 71.4 cm³/mol. The Morgan fingerprint density at radius 2 is 2.12 bits per heavy atom. The van der Waals surface area contributed by atoms with Crippen LogP contribution >= 0.6 is 12.4 Å². The fourth-order valence-corrected chi connectivity index (χ4v) is 1.73. The molecule has 1 aliphatic rings. The van der Waals surface area contributed by atoms with Gasteiger partial charge in [-0.05, 0) is 45.1 Å². The fraction of sp³-hybridized carbons (Fsp3) is 0.750. The summed E-state index contributed by atoms with van der Waals surface area (Å²) in [5.74, 6) is 0. The Kier molecular flexibility index (Phi) is 9.96. The number of hydrogen-bond donors (Lipinski definition) is 2. The van der Waals surface area contributed by atoms with Crippen molar-refractivity contribution in [2.45, 2.75) is 44.6 Å². The van der Waals surface area contributed by atoms with E-state index in [9.17, 15) is 4.79 Å². The van der Waals surface area contributed by atoms with Gasteiger partial charge in [-0.3, -0.25) is 0 Å². The van der Waals surface area contributed by atoms with Crippen molar-refractivity contribution in [2.24, 2.45) is 5.73 Å².